The van der Waals surface area contributed by atoms with Crippen LogP contribution < -0.4 is 5.32 Å². The van der Waals surface area contributed by atoms with E-state index in [2.05, 4.69) is 38.3 Å². The highest BCUT2D eigenvalue weighted by atomic mass is 35.5. The molecule has 1 aromatic rings. The van der Waals surface area contributed by atoms with Crippen molar-refractivity contribution in [3.8, 4) is 0 Å². The molecule has 1 aliphatic carbocycles. The average Bonchev–Trinajstić information content (AvgIpc) is 3.10. The number of hydrogen-bond donors (Lipinski definition) is 1. The molecule has 1 N–H and O–H groups in total. The molecule has 17 heavy (non-hydrogen) atoms. The van der Waals surface area contributed by atoms with Crippen molar-refractivity contribution in [2.75, 3.05) is 7.05 Å². The number of hydrogen-bond acceptors (Lipinski definition) is 1. The zero-order valence-electron chi connectivity index (χ0n) is 10.9. The van der Waals surface area contributed by atoms with Gasteiger partial charge in [0.25, 0.3) is 0 Å². The zero-order chi connectivity index (χ0) is 12.4. The number of nitrogens with one attached hydrogen (secondary N) is 1. The maximum atomic E-state index is 5.97. The van der Waals surface area contributed by atoms with Gasteiger partial charge in [0.05, 0.1) is 0 Å². The van der Waals surface area contributed by atoms with Crippen LogP contribution in [0.4, 0.5) is 0 Å². The molecular weight excluding hydrogens is 230 g/mol. The minimum atomic E-state index is 0.559. The van der Waals surface area contributed by atoms with Gasteiger partial charge in [-0.3, -0.25) is 0 Å². The Hall–Kier alpha value is -0.530. The van der Waals surface area contributed by atoms with Gasteiger partial charge in [0.1, 0.15) is 0 Å². The molecule has 0 aromatic heterocycles. The highest BCUT2D eigenvalue weighted by Crippen LogP contribution is 2.45. The highest BCUT2D eigenvalue weighted by molar-refractivity contribution is 6.30. The van der Waals surface area contributed by atoms with Crippen molar-refractivity contribution < 1.29 is 0 Å². The Balaban J connectivity index is 2.24. The summed E-state index contributed by atoms with van der Waals surface area (Å²) in [6.45, 7) is 4.60. The zero-order valence-corrected chi connectivity index (χ0v) is 11.7. The van der Waals surface area contributed by atoms with Gasteiger partial charge in [0, 0.05) is 17.0 Å². The first-order chi connectivity index (χ1) is 8.13. The van der Waals surface area contributed by atoms with Crippen LogP contribution in [0.15, 0.2) is 24.3 Å². The van der Waals surface area contributed by atoms with E-state index in [9.17, 15) is 0 Å². The Morgan fingerprint density at radius 3 is 2.18 bits per heavy atom. The SMILES string of the molecule is CNC(C(C)C)C(c1ccc(Cl)cc1)C1CC1. The molecule has 2 heteroatoms. The van der Waals surface area contributed by atoms with Crippen molar-refractivity contribution in [2.24, 2.45) is 11.8 Å². The quantitative estimate of drug-likeness (QED) is 0.832. The first-order valence-electron chi connectivity index (χ1n) is 6.56. The standard InChI is InChI=1S/C15H22ClN/c1-10(2)15(17-3)14(11-4-5-11)12-6-8-13(16)9-7-12/h6-11,14-15,17H,4-5H2,1-3H3. The van der Waals surface area contributed by atoms with Gasteiger partial charge in [0.2, 0.25) is 0 Å². The Labute approximate surface area is 110 Å². The fraction of sp³-hybridized carbons (Fsp3) is 0.600. The number of benzene rings is 1. The second-order valence-electron chi connectivity index (χ2n) is 5.47. The van der Waals surface area contributed by atoms with Gasteiger partial charge in [-0.2, -0.15) is 0 Å². The van der Waals surface area contributed by atoms with E-state index in [0.29, 0.717) is 17.9 Å². The maximum Gasteiger partial charge on any atom is 0.0406 e. The van der Waals surface area contributed by atoms with E-state index in [1.54, 1.807) is 0 Å². The highest BCUT2D eigenvalue weighted by Gasteiger charge is 2.37. The lowest BCUT2D eigenvalue weighted by molar-refractivity contribution is 0.338. The Bertz CT molecular complexity index is 354. The average molecular weight is 252 g/mol. The number of likely N-dealkylation sites (N-methyl/N-ethyl adjacent to an activating group) is 1. The molecule has 0 spiro atoms. The summed E-state index contributed by atoms with van der Waals surface area (Å²) in [5.74, 6) is 2.15. The lowest BCUT2D eigenvalue weighted by Crippen LogP contribution is -2.37. The predicted octanol–water partition coefficient (Wildman–Crippen LogP) is 4.08. The number of halogens is 1. The van der Waals surface area contributed by atoms with Gasteiger partial charge in [0.15, 0.2) is 0 Å². The molecule has 0 bridgehead atoms. The summed E-state index contributed by atoms with van der Waals surface area (Å²) in [6, 6.07) is 8.97. The fourth-order valence-electron chi connectivity index (χ4n) is 2.84. The van der Waals surface area contributed by atoms with E-state index < -0.39 is 0 Å². The molecule has 0 amide bonds. The lowest BCUT2D eigenvalue weighted by Gasteiger charge is -2.30. The van der Waals surface area contributed by atoms with Crippen LogP contribution in [0.1, 0.15) is 38.2 Å². The summed E-state index contributed by atoms with van der Waals surface area (Å²) in [5, 5.41) is 4.33. The topological polar surface area (TPSA) is 12.0 Å². The van der Waals surface area contributed by atoms with Gasteiger partial charge in [-0.15, -0.1) is 0 Å². The largest absolute Gasteiger partial charge is 0.316 e. The third kappa shape index (κ3) is 3.02. The molecule has 94 valence electrons. The van der Waals surface area contributed by atoms with Crippen LogP contribution in [-0.4, -0.2) is 13.1 Å². The van der Waals surface area contributed by atoms with Crippen molar-refractivity contribution in [2.45, 2.75) is 38.6 Å². The molecule has 0 radical (unpaired) electrons. The van der Waals surface area contributed by atoms with Crippen molar-refractivity contribution in [3.63, 3.8) is 0 Å². The van der Waals surface area contributed by atoms with Crippen molar-refractivity contribution in [3.05, 3.63) is 34.9 Å². The van der Waals surface area contributed by atoms with Gasteiger partial charge in [-0.25, -0.2) is 0 Å². The minimum absolute atomic E-state index is 0.559. The van der Waals surface area contributed by atoms with Gasteiger partial charge >= 0.3 is 0 Å². The smallest absolute Gasteiger partial charge is 0.0406 e. The van der Waals surface area contributed by atoms with Gasteiger partial charge < -0.3 is 5.32 Å². The van der Waals surface area contributed by atoms with Crippen LogP contribution in [0.5, 0.6) is 0 Å². The summed E-state index contributed by atoms with van der Waals surface area (Å²) in [4.78, 5) is 0. The molecule has 2 rings (SSSR count). The van der Waals surface area contributed by atoms with Crippen LogP contribution in [0, 0.1) is 11.8 Å². The summed E-state index contributed by atoms with van der Waals surface area (Å²) in [7, 11) is 2.08. The van der Waals surface area contributed by atoms with E-state index >= 15 is 0 Å². The molecule has 0 saturated heterocycles. The molecule has 1 nitrogen and oxygen atoms in total. The van der Waals surface area contributed by atoms with E-state index in [4.69, 9.17) is 11.6 Å². The van der Waals surface area contributed by atoms with Crippen LogP contribution in [0.25, 0.3) is 0 Å². The van der Waals surface area contributed by atoms with Crippen molar-refractivity contribution in [1.82, 2.24) is 5.32 Å². The van der Waals surface area contributed by atoms with E-state index in [1.165, 1.54) is 18.4 Å². The van der Waals surface area contributed by atoms with E-state index in [0.717, 1.165) is 10.9 Å². The fourth-order valence-corrected chi connectivity index (χ4v) is 2.97. The maximum absolute atomic E-state index is 5.97. The van der Waals surface area contributed by atoms with Gasteiger partial charge in [-0.05, 0) is 49.4 Å². The van der Waals surface area contributed by atoms with Gasteiger partial charge in [-0.1, -0.05) is 37.6 Å². The first-order valence-corrected chi connectivity index (χ1v) is 6.94. The first kappa shape index (κ1) is 12.9. The molecule has 1 saturated carbocycles. The molecular formula is C15H22ClN. The van der Waals surface area contributed by atoms with Crippen LogP contribution in [0.3, 0.4) is 0 Å². The minimum Gasteiger partial charge on any atom is -0.316 e. The van der Waals surface area contributed by atoms with E-state index in [-0.39, 0.29) is 0 Å². The summed E-state index contributed by atoms with van der Waals surface area (Å²) < 4.78 is 0. The summed E-state index contributed by atoms with van der Waals surface area (Å²) in [6.07, 6.45) is 2.75. The third-order valence-corrected chi connectivity index (χ3v) is 4.08. The molecule has 1 fully saturated rings. The second-order valence-corrected chi connectivity index (χ2v) is 5.91. The molecule has 0 heterocycles. The normalized spacial score (nSPS) is 19.4. The summed E-state index contributed by atoms with van der Waals surface area (Å²) in [5.41, 5.74) is 1.44. The monoisotopic (exact) mass is 251 g/mol. The Morgan fingerprint density at radius 1 is 1.18 bits per heavy atom. The van der Waals surface area contributed by atoms with Crippen molar-refractivity contribution in [1.29, 1.82) is 0 Å². The second kappa shape index (κ2) is 5.41. The van der Waals surface area contributed by atoms with Crippen LogP contribution in [0.2, 0.25) is 5.02 Å². The molecule has 1 aliphatic rings. The van der Waals surface area contributed by atoms with Crippen LogP contribution >= 0.6 is 11.6 Å². The third-order valence-electron chi connectivity index (χ3n) is 3.82. The predicted molar refractivity (Wildman–Crippen MR) is 74.6 cm³/mol. The van der Waals surface area contributed by atoms with Crippen LogP contribution in [-0.2, 0) is 0 Å². The molecule has 2 unspecified atom stereocenters. The van der Waals surface area contributed by atoms with E-state index in [1.807, 2.05) is 12.1 Å². The molecule has 0 aliphatic heterocycles. The molecule has 2 atom stereocenters. The Kier molecular flexibility index (Phi) is 4.11. The molecule has 1 aromatic carbocycles. The summed E-state index contributed by atoms with van der Waals surface area (Å²) >= 11 is 5.97. The van der Waals surface area contributed by atoms with Crippen molar-refractivity contribution >= 4 is 11.6 Å². The Morgan fingerprint density at radius 2 is 1.76 bits per heavy atom. The lowest BCUT2D eigenvalue weighted by atomic mass is 9.82. The number of rotatable bonds is 5.